The second kappa shape index (κ2) is 4.49. The summed E-state index contributed by atoms with van der Waals surface area (Å²) in [4.78, 5) is 14.0. The van der Waals surface area contributed by atoms with E-state index in [4.69, 9.17) is 4.74 Å². The molecule has 1 aliphatic heterocycles. The molecule has 1 atom stereocenters. The molecular weight excluding hydrogens is 214 g/mol. The van der Waals surface area contributed by atoms with Crippen molar-refractivity contribution >= 4 is 5.91 Å². The lowest BCUT2D eigenvalue weighted by atomic mass is 10.1. The second-order valence-corrected chi connectivity index (χ2v) is 4.83. The van der Waals surface area contributed by atoms with E-state index in [9.17, 15) is 4.79 Å². The molecule has 0 aromatic heterocycles. The number of nitrogens with zero attached hydrogens (tertiary/aromatic N) is 1. The van der Waals surface area contributed by atoms with Crippen LogP contribution in [0.15, 0.2) is 30.3 Å². The van der Waals surface area contributed by atoms with Crippen molar-refractivity contribution in [1.29, 1.82) is 0 Å². The number of amides is 1. The predicted octanol–water partition coefficient (Wildman–Crippen LogP) is 2.00. The minimum Gasteiger partial charge on any atom is -0.370 e. The molecule has 0 unspecified atom stereocenters. The van der Waals surface area contributed by atoms with Gasteiger partial charge in [-0.1, -0.05) is 30.3 Å². The summed E-state index contributed by atoms with van der Waals surface area (Å²) in [5.41, 5.74) is 1.17. The van der Waals surface area contributed by atoms with Crippen molar-refractivity contribution in [1.82, 2.24) is 4.90 Å². The number of morpholine rings is 1. The molecule has 0 spiro atoms. The zero-order valence-electron chi connectivity index (χ0n) is 9.84. The average molecular weight is 231 g/mol. The van der Waals surface area contributed by atoms with Crippen LogP contribution in [0.1, 0.15) is 24.5 Å². The molecule has 1 saturated carbocycles. The molecule has 3 nitrogen and oxygen atoms in total. The average Bonchev–Trinajstić information content (AvgIpc) is 3.23. The van der Waals surface area contributed by atoms with Crippen LogP contribution < -0.4 is 0 Å². The first-order valence-electron chi connectivity index (χ1n) is 6.30. The second-order valence-electron chi connectivity index (χ2n) is 4.83. The molecule has 0 bridgehead atoms. The highest BCUT2D eigenvalue weighted by Crippen LogP contribution is 2.32. The lowest BCUT2D eigenvalue weighted by Crippen LogP contribution is -2.42. The van der Waals surface area contributed by atoms with Crippen molar-refractivity contribution in [2.24, 2.45) is 5.92 Å². The van der Waals surface area contributed by atoms with Gasteiger partial charge in [-0.05, 0) is 18.4 Å². The number of hydrogen-bond acceptors (Lipinski definition) is 2. The van der Waals surface area contributed by atoms with Gasteiger partial charge in [-0.2, -0.15) is 0 Å². The SMILES string of the molecule is O=C(C1CC1)N1CCO[C@H](c2ccccc2)C1. The van der Waals surface area contributed by atoms with Crippen LogP contribution in [-0.2, 0) is 9.53 Å². The molecule has 2 fully saturated rings. The number of ether oxygens (including phenoxy) is 1. The third kappa shape index (κ3) is 2.34. The summed E-state index contributed by atoms with van der Waals surface area (Å²) in [5.74, 6) is 0.638. The van der Waals surface area contributed by atoms with Crippen LogP contribution in [0.4, 0.5) is 0 Å². The number of benzene rings is 1. The van der Waals surface area contributed by atoms with Gasteiger partial charge in [0.1, 0.15) is 6.10 Å². The van der Waals surface area contributed by atoms with E-state index >= 15 is 0 Å². The van der Waals surface area contributed by atoms with Gasteiger partial charge >= 0.3 is 0 Å². The van der Waals surface area contributed by atoms with Crippen LogP contribution in [0.5, 0.6) is 0 Å². The van der Waals surface area contributed by atoms with E-state index in [0.717, 1.165) is 19.4 Å². The molecule has 1 aliphatic carbocycles. The largest absolute Gasteiger partial charge is 0.370 e. The maximum absolute atomic E-state index is 12.0. The molecule has 17 heavy (non-hydrogen) atoms. The van der Waals surface area contributed by atoms with Gasteiger partial charge in [0.2, 0.25) is 5.91 Å². The standard InChI is InChI=1S/C14H17NO2/c16-14(12-6-7-12)15-8-9-17-13(10-15)11-4-2-1-3-5-11/h1-5,12-13H,6-10H2/t13-/m0/s1. The summed E-state index contributed by atoms with van der Waals surface area (Å²) in [6.45, 7) is 2.11. The summed E-state index contributed by atoms with van der Waals surface area (Å²) in [7, 11) is 0. The van der Waals surface area contributed by atoms with Crippen molar-refractivity contribution in [3.8, 4) is 0 Å². The number of carbonyl (C=O) groups excluding carboxylic acids is 1. The number of rotatable bonds is 2. The topological polar surface area (TPSA) is 29.5 Å². The van der Waals surface area contributed by atoms with E-state index in [2.05, 4.69) is 12.1 Å². The molecule has 0 radical (unpaired) electrons. The van der Waals surface area contributed by atoms with E-state index in [1.165, 1.54) is 5.56 Å². The van der Waals surface area contributed by atoms with Gasteiger partial charge in [-0.25, -0.2) is 0 Å². The maximum atomic E-state index is 12.0. The van der Waals surface area contributed by atoms with Crippen LogP contribution in [0.2, 0.25) is 0 Å². The van der Waals surface area contributed by atoms with Gasteiger partial charge in [0, 0.05) is 12.5 Å². The lowest BCUT2D eigenvalue weighted by molar-refractivity contribution is -0.140. The van der Waals surface area contributed by atoms with Crippen LogP contribution >= 0.6 is 0 Å². The van der Waals surface area contributed by atoms with Gasteiger partial charge in [-0.15, -0.1) is 0 Å². The highest BCUT2D eigenvalue weighted by atomic mass is 16.5. The third-order valence-corrected chi connectivity index (χ3v) is 3.48. The fraction of sp³-hybridized carbons (Fsp3) is 0.500. The Kier molecular flexibility index (Phi) is 2.85. The van der Waals surface area contributed by atoms with Crippen LogP contribution in [0.3, 0.4) is 0 Å². The predicted molar refractivity (Wildman–Crippen MR) is 64.4 cm³/mol. The Morgan fingerprint density at radius 1 is 1.24 bits per heavy atom. The molecule has 3 rings (SSSR count). The molecule has 1 aromatic carbocycles. The van der Waals surface area contributed by atoms with E-state index in [0.29, 0.717) is 25.0 Å². The highest BCUT2D eigenvalue weighted by Gasteiger charge is 2.35. The van der Waals surface area contributed by atoms with E-state index < -0.39 is 0 Å². The lowest BCUT2D eigenvalue weighted by Gasteiger charge is -2.33. The van der Waals surface area contributed by atoms with E-state index in [1.807, 2.05) is 23.1 Å². The monoisotopic (exact) mass is 231 g/mol. The van der Waals surface area contributed by atoms with Gasteiger partial charge in [0.25, 0.3) is 0 Å². The Morgan fingerprint density at radius 2 is 2.00 bits per heavy atom. The summed E-state index contributed by atoms with van der Waals surface area (Å²) < 4.78 is 5.75. The van der Waals surface area contributed by atoms with Crippen LogP contribution in [0, 0.1) is 5.92 Å². The quantitative estimate of drug-likeness (QED) is 0.779. The van der Waals surface area contributed by atoms with Gasteiger partial charge < -0.3 is 9.64 Å². The summed E-state index contributed by atoms with van der Waals surface area (Å²) >= 11 is 0. The molecule has 1 amide bonds. The zero-order chi connectivity index (χ0) is 11.7. The summed E-state index contributed by atoms with van der Waals surface area (Å²) in [5, 5.41) is 0. The number of carbonyl (C=O) groups is 1. The fourth-order valence-electron chi connectivity index (χ4n) is 2.31. The molecule has 1 saturated heterocycles. The van der Waals surface area contributed by atoms with Crippen molar-refractivity contribution in [3.63, 3.8) is 0 Å². The molecular formula is C14H17NO2. The maximum Gasteiger partial charge on any atom is 0.225 e. The first-order chi connectivity index (χ1) is 8.34. The van der Waals surface area contributed by atoms with E-state index in [-0.39, 0.29) is 6.10 Å². The Labute approximate surface area is 101 Å². The summed E-state index contributed by atoms with van der Waals surface area (Å²) in [6.07, 6.45) is 2.20. The van der Waals surface area contributed by atoms with Crippen molar-refractivity contribution in [2.75, 3.05) is 19.7 Å². The number of hydrogen-bond donors (Lipinski definition) is 0. The van der Waals surface area contributed by atoms with Gasteiger partial charge in [0.05, 0.1) is 13.2 Å². The first-order valence-corrected chi connectivity index (χ1v) is 6.30. The normalized spacial score (nSPS) is 24.7. The molecule has 0 N–H and O–H groups in total. The van der Waals surface area contributed by atoms with E-state index in [1.54, 1.807) is 0 Å². The van der Waals surface area contributed by atoms with Crippen LogP contribution in [-0.4, -0.2) is 30.5 Å². The van der Waals surface area contributed by atoms with Crippen molar-refractivity contribution < 1.29 is 9.53 Å². The molecule has 2 aliphatic rings. The van der Waals surface area contributed by atoms with Gasteiger partial charge in [0.15, 0.2) is 0 Å². The Bertz CT molecular complexity index is 400. The fourth-order valence-corrected chi connectivity index (χ4v) is 2.31. The Balaban J connectivity index is 1.69. The molecule has 3 heteroatoms. The minimum absolute atomic E-state index is 0.0487. The minimum atomic E-state index is 0.0487. The summed E-state index contributed by atoms with van der Waals surface area (Å²) in [6, 6.07) is 10.2. The Hall–Kier alpha value is -1.35. The smallest absolute Gasteiger partial charge is 0.225 e. The highest BCUT2D eigenvalue weighted by molar-refractivity contribution is 5.81. The van der Waals surface area contributed by atoms with Crippen LogP contribution in [0.25, 0.3) is 0 Å². The van der Waals surface area contributed by atoms with Gasteiger partial charge in [-0.3, -0.25) is 4.79 Å². The van der Waals surface area contributed by atoms with Crippen molar-refractivity contribution in [3.05, 3.63) is 35.9 Å². The first kappa shape index (κ1) is 10.8. The molecule has 90 valence electrons. The Morgan fingerprint density at radius 3 is 2.71 bits per heavy atom. The third-order valence-electron chi connectivity index (χ3n) is 3.48. The molecule has 1 heterocycles. The van der Waals surface area contributed by atoms with Crippen molar-refractivity contribution in [2.45, 2.75) is 18.9 Å². The molecule has 1 aromatic rings. The zero-order valence-corrected chi connectivity index (χ0v) is 9.84.